The van der Waals surface area contributed by atoms with E-state index in [4.69, 9.17) is 4.52 Å². The van der Waals surface area contributed by atoms with Crippen LogP contribution in [0.1, 0.15) is 36.9 Å². The second kappa shape index (κ2) is 4.79. The Morgan fingerprint density at radius 1 is 1.58 bits per heavy atom. The maximum Gasteiger partial charge on any atom is 0.133 e. The van der Waals surface area contributed by atoms with Crippen molar-refractivity contribution in [1.29, 1.82) is 0 Å². The van der Waals surface area contributed by atoms with Crippen LogP contribution < -0.4 is 5.32 Å². The average Bonchev–Trinajstić information content (AvgIpc) is 2.99. The summed E-state index contributed by atoms with van der Waals surface area (Å²) in [5.41, 5.74) is 0.887. The van der Waals surface area contributed by atoms with Gasteiger partial charge in [-0.1, -0.05) is 5.16 Å². The van der Waals surface area contributed by atoms with Gasteiger partial charge in [0.1, 0.15) is 11.5 Å². The van der Waals surface area contributed by atoms with Gasteiger partial charge in [-0.15, -0.1) is 0 Å². The van der Waals surface area contributed by atoms with Crippen LogP contribution in [0.2, 0.25) is 0 Å². The molecule has 2 aromatic rings. The molecule has 0 aromatic carbocycles. The number of nitrogens with one attached hydrogen (secondary N) is 1. The van der Waals surface area contributed by atoms with E-state index >= 15 is 0 Å². The minimum absolute atomic E-state index is 0.00884. The van der Waals surface area contributed by atoms with Crippen molar-refractivity contribution in [3.8, 4) is 0 Å². The molecule has 3 rings (SSSR count). The summed E-state index contributed by atoms with van der Waals surface area (Å²) in [5, 5.41) is 21.6. The Bertz CT molecular complexity index is 537. The van der Waals surface area contributed by atoms with Crippen molar-refractivity contribution in [3.05, 3.63) is 36.0 Å². The van der Waals surface area contributed by atoms with E-state index in [2.05, 4.69) is 15.6 Å². The van der Waals surface area contributed by atoms with E-state index < -0.39 is 0 Å². The van der Waals surface area contributed by atoms with Crippen molar-refractivity contribution in [2.45, 2.75) is 44.5 Å². The van der Waals surface area contributed by atoms with E-state index in [9.17, 15) is 5.11 Å². The molecule has 0 spiro atoms. The van der Waals surface area contributed by atoms with Crippen LogP contribution in [0.4, 0.5) is 0 Å². The van der Waals surface area contributed by atoms with Gasteiger partial charge in [-0.05, 0) is 26.3 Å². The third-order valence-corrected chi connectivity index (χ3v) is 3.69. The Balaban J connectivity index is 1.67. The fraction of sp³-hybridized carbons (Fsp3) is 0.538. The monoisotopic (exact) mass is 262 g/mol. The van der Waals surface area contributed by atoms with Crippen LogP contribution in [0.15, 0.2) is 29.0 Å². The SMILES string of the molecule is Cc1cc(C(C)N[C@H]2C[C@@H](O)[C@@H]2n2cccn2)no1. The maximum atomic E-state index is 9.90. The largest absolute Gasteiger partial charge is 0.391 e. The van der Waals surface area contributed by atoms with Crippen molar-refractivity contribution in [1.82, 2.24) is 20.3 Å². The molecule has 1 saturated carbocycles. The van der Waals surface area contributed by atoms with Gasteiger partial charge >= 0.3 is 0 Å². The lowest BCUT2D eigenvalue weighted by molar-refractivity contribution is -0.0113. The molecule has 0 radical (unpaired) electrons. The molecule has 2 aromatic heterocycles. The first-order valence-electron chi connectivity index (χ1n) is 6.51. The summed E-state index contributed by atoms with van der Waals surface area (Å²) < 4.78 is 6.89. The molecule has 0 saturated heterocycles. The summed E-state index contributed by atoms with van der Waals surface area (Å²) in [5.74, 6) is 0.806. The fourth-order valence-corrected chi connectivity index (χ4v) is 2.59. The smallest absolute Gasteiger partial charge is 0.133 e. The van der Waals surface area contributed by atoms with Gasteiger partial charge in [0.25, 0.3) is 0 Å². The Labute approximate surface area is 111 Å². The molecule has 0 amide bonds. The van der Waals surface area contributed by atoms with Crippen LogP contribution in [-0.4, -0.2) is 32.2 Å². The molecule has 0 bridgehead atoms. The highest BCUT2D eigenvalue weighted by Gasteiger charge is 2.42. The van der Waals surface area contributed by atoms with Gasteiger partial charge in [0, 0.05) is 24.5 Å². The summed E-state index contributed by atoms with van der Waals surface area (Å²) in [4.78, 5) is 0. The lowest BCUT2D eigenvalue weighted by Crippen LogP contribution is -2.55. The molecule has 2 heterocycles. The molecule has 0 aliphatic heterocycles. The quantitative estimate of drug-likeness (QED) is 0.866. The zero-order valence-corrected chi connectivity index (χ0v) is 11.0. The van der Waals surface area contributed by atoms with Gasteiger partial charge in [-0.25, -0.2) is 0 Å². The minimum atomic E-state index is -0.344. The Morgan fingerprint density at radius 2 is 2.42 bits per heavy atom. The molecular formula is C13H18N4O2. The molecule has 6 heteroatoms. The molecule has 102 valence electrons. The van der Waals surface area contributed by atoms with E-state index in [1.54, 1.807) is 6.20 Å². The topological polar surface area (TPSA) is 76.1 Å². The summed E-state index contributed by atoms with van der Waals surface area (Å²) in [6.07, 6.45) is 3.99. The molecule has 1 aliphatic carbocycles. The van der Waals surface area contributed by atoms with Gasteiger partial charge < -0.3 is 14.9 Å². The number of rotatable bonds is 4. The van der Waals surface area contributed by atoms with Crippen LogP contribution in [0, 0.1) is 6.92 Å². The number of aliphatic hydroxyl groups excluding tert-OH is 1. The highest BCUT2D eigenvalue weighted by molar-refractivity contribution is 5.10. The van der Waals surface area contributed by atoms with Gasteiger partial charge in [0.2, 0.25) is 0 Å². The molecule has 1 aliphatic rings. The number of aliphatic hydroxyl groups is 1. The number of nitrogens with zero attached hydrogens (tertiary/aromatic N) is 3. The maximum absolute atomic E-state index is 9.90. The second-order valence-corrected chi connectivity index (χ2v) is 5.14. The van der Waals surface area contributed by atoms with E-state index in [0.717, 1.165) is 17.9 Å². The number of hydrogen-bond acceptors (Lipinski definition) is 5. The summed E-state index contributed by atoms with van der Waals surface area (Å²) in [6, 6.07) is 4.07. The molecule has 4 atom stereocenters. The summed E-state index contributed by atoms with van der Waals surface area (Å²) in [7, 11) is 0. The first-order valence-corrected chi connectivity index (χ1v) is 6.51. The highest BCUT2D eigenvalue weighted by atomic mass is 16.5. The predicted octanol–water partition coefficient (Wildman–Crippen LogP) is 1.20. The third kappa shape index (κ3) is 2.29. The zero-order valence-electron chi connectivity index (χ0n) is 11.0. The van der Waals surface area contributed by atoms with Crippen LogP contribution in [-0.2, 0) is 0 Å². The first-order chi connectivity index (χ1) is 9.15. The molecule has 6 nitrogen and oxygen atoms in total. The molecule has 1 unspecified atom stereocenters. The van der Waals surface area contributed by atoms with Gasteiger partial charge in [0.15, 0.2) is 0 Å². The lowest BCUT2D eigenvalue weighted by Gasteiger charge is -2.43. The number of aryl methyl sites for hydroxylation is 1. The summed E-state index contributed by atoms with van der Waals surface area (Å²) >= 11 is 0. The Kier molecular flexibility index (Phi) is 3.12. The molecule has 2 N–H and O–H groups in total. The number of hydrogen-bond donors (Lipinski definition) is 2. The lowest BCUT2D eigenvalue weighted by atomic mass is 9.82. The third-order valence-electron chi connectivity index (χ3n) is 3.69. The average molecular weight is 262 g/mol. The molecular weight excluding hydrogens is 244 g/mol. The summed E-state index contributed by atoms with van der Waals surface area (Å²) in [6.45, 7) is 3.92. The van der Waals surface area contributed by atoms with Crippen molar-refractivity contribution < 1.29 is 9.63 Å². The second-order valence-electron chi connectivity index (χ2n) is 5.14. The van der Waals surface area contributed by atoms with E-state index in [0.29, 0.717) is 0 Å². The zero-order chi connectivity index (χ0) is 13.4. The van der Waals surface area contributed by atoms with Crippen LogP contribution in [0.5, 0.6) is 0 Å². The van der Waals surface area contributed by atoms with E-state index in [-0.39, 0.29) is 24.2 Å². The van der Waals surface area contributed by atoms with Gasteiger partial charge in [-0.3, -0.25) is 4.68 Å². The van der Waals surface area contributed by atoms with E-state index in [1.807, 2.05) is 36.9 Å². The number of aromatic nitrogens is 3. The first kappa shape index (κ1) is 12.4. The van der Waals surface area contributed by atoms with Crippen LogP contribution in [0.3, 0.4) is 0 Å². The normalized spacial score (nSPS) is 28.1. The van der Waals surface area contributed by atoms with Crippen molar-refractivity contribution >= 4 is 0 Å². The Morgan fingerprint density at radius 3 is 3.00 bits per heavy atom. The van der Waals surface area contributed by atoms with Crippen molar-refractivity contribution in [2.75, 3.05) is 0 Å². The van der Waals surface area contributed by atoms with Crippen LogP contribution in [0.25, 0.3) is 0 Å². The fourth-order valence-electron chi connectivity index (χ4n) is 2.59. The predicted molar refractivity (Wildman–Crippen MR) is 68.5 cm³/mol. The van der Waals surface area contributed by atoms with E-state index in [1.165, 1.54) is 0 Å². The molecule has 19 heavy (non-hydrogen) atoms. The minimum Gasteiger partial charge on any atom is -0.391 e. The van der Waals surface area contributed by atoms with Crippen molar-refractivity contribution in [2.24, 2.45) is 0 Å². The van der Waals surface area contributed by atoms with Crippen LogP contribution >= 0.6 is 0 Å². The molecule has 1 fully saturated rings. The van der Waals surface area contributed by atoms with Crippen molar-refractivity contribution in [3.63, 3.8) is 0 Å². The highest BCUT2D eigenvalue weighted by Crippen LogP contribution is 2.33. The van der Waals surface area contributed by atoms with Gasteiger partial charge in [0.05, 0.1) is 18.2 Å². The standard InChI is InChI=1S/C13H18N4O2/c1-8-6-10(16-19-8)9(2)15-11-7-12(18)13(11)17-5-3-4-14-17/h3-6,9,11-13,15,18H,7H2,1-2H3/t9?,11-,12+,13+/m0/s1. The Hall–Kier alpha value is -1.66. The van der Waals surface area contributed by atoms with Gasteiger partial charge in [-0.2, -0.15) is 5.10 Å².